The van der Waals surface area contributed by atoms with Gasteiger partial charge >= 0.3 is 0 Å². The first kappa shape index (κ1) is 16.4. The maximum atomic E-state index is 13.6. The van der Waals surface area contributed by atoms with Crippen molar-refractivity contribution in [2.75, 3.05) is 26.2 Å². The van der Waals surface area contributed by atoms with Crippen LogP contribution in [0.3, 0.4) is 0 Å². The van der Waals surface area contributed by atoms with Crippen LogP contribution in [0.5, 0.6) is 0 Å². The van der Waals surface area contributed by atoms with E-state index >= 15 is 0 Å². The topological polar surface area (TPSA) is 15.3 Å². The van der Waals surface area contributed by atoms with Gasteiger partial charge in [-0.3, -0.25) is 0 Å². The second kappa shape index (κ2) is 8.50. The summed E-state index contributed by atoms with van der Waals surface area (Å²) in [6.07, 6.45) is 4.62. The van der Waals surface area contributed by atoms with Gasteiger partial charge in [-0.2, -0.15) is 0 Å². The number of likely N-dealkylation sites (tertiary alicyclic amines) is 1. The van der Waals surface area contributed by atoms with Crippen LogP contribution in [0.15, 0.2) is 24.3 Å². The molecule has 1 heterocycles. The first-order valence-electron chi connectivity index (χ1n) is 8.34. The Bertz CT molecular complexity index is 413. The first-order chi connectivity index (χ1) is 10.1. The third-order valence-electron chi connectivity index (χ3n) is 4.50. The van der Waals surface area contributed by atoms with Crippen LogP contribution in [0.4, 0.5) is 4.39 Å². The molecular weight excluding hydrogens is 263 g/mol. The Labute approximate surface area is 128 Å². The SMILES string of the molecule is CC1CCN(CCCNC(C)Cc2ccccc2F)CC1. The summed E-state index contributed by atoms with van der Waals surface area (Å²) in [5.41, 5.74) is 0.808. The fraction of sp³-hybridized carbons (Fsp3) is 0.667. The van der Waals surface area contributed by atoms with Crippen LogP contribution in [-0.2, 0) is 6.42 Å². The van der Waals surface area contributed by atoms with Crippen LogP contribution >= 0.6 is 0 Å². The van der Waals surface area contributed by atoms with Gasteiger partial charge in [0, 0.05) is 6.04 Å². The van der Waals surface area contributed by atoms with Crippen LogP contribution in [0, 0.1) is 11.7 Å². The molecule has 2 nitrogen and oxygen atoms in total. The van der Waals surface area contributed by atoms with Gasteiger partial charge in [0.2, 0.25) is 0 Å². The highest BCUT2D eigenvalue weighted by Gasteiger charge is 2.14. The summed E-state index contributed by atoms with van der Waals surface area (Å²) in [7, 11) is 0. The number of rotatable bonds is 7. The average molecular weight is 292 g/mol. The lowest BCUT2D eigenvalue weighted by atomic mass is 9.99. The van der Waals surface area contributed by atoms with Gasteiger partial charge in [0.1, 0.15) is 5.82 Å². The van der Waals surface area contributed by atoms with E-state index in [1.165, 1.54) is 38.9 Å². The summed E-state index contributed by atoms with van der Waals surface area (Å²) in [4.78, 5) is 2.57. The highest BCUT2D eigenvalue weighted by atomic mass is 19.1. The second-order valence-electron chi connectivity index (χ2n) is 6.53. The Hall–Kier alpha value is -0.930. The Morgan fingerprint density at radius 3 is 2.71 bits per heavy atom. The predicted molar refractivity (Wildman–Crippen MR) is 87.0 cm³/mol. The molecular formula is C18H29FN2. The molecule has 1 saturated heterocycles. The normalized spacial score (nSPS) is 18.8. The quantitative estimate of drug-likeness (QED) is 0.774. The molecule has 1 fully saturated rings. The van der Waals surface area contributed by atoms with Crippen LogP contribution in [0.1, 0.15) is 38.7 Å². The maximum Gasteiger partial charge on any atom is 0.126 e. The number of halogens is 1. The van der Waals surface area contributed by atoms with Gasteiger partial charge in [0.05, 0.1) is 0 Å². The van der Waals surface area contributed by atoms with E-state index < -0.39 is 0 Å². The van der Waals surface area contributed by atoms with Crippen molar-refractivity contribution < 1.29 is 4.39 Å². The van der Waals surface area contributed by atoms with E-state index in [-0.39, 0.29) is 5.82 Å². The number of piperidine rings is 1. The Morgan fingerprint density at radius 2 is 2.00 bits per heavy atom. The number of hydrogen-bond acceptors (Lipinski definition) is 2. The first-order valence-corrected chi connectivity index (χ1v) is 8.34. The minimum Gasteiger partial charge on any atom is -0.314 e. The average Bonchev–Trinajstić information content (AvgIpc) is 2.48. The third-order valence-corrected chi connectivity index (χ3v) is 4.50. The molecule has 0 saturated carbocycles. The number of nitrogens with one attached hydrogen (secondary N) is 1. The van der Waals surface area contributed by atoms with Gasteiger partial charge in [-0.25, -0.2) is 4.39 Å². The van der Waals surface area contributed by atoms with E-state index in [0.29, 0.717) is 6.04 Å². The van der Waals surface area contributed by atoms with E-state index in [2.05, 4.69) is 24.1 Å². The van der Waals surface area contributed by atoms with E-state index in [4.69, 9.17) is 0 Å². The van der Waals surface area contributed by atoms with Crippen LogP contribution in [0.2, 0.25) is 0 Å². The second-order valence-corrected chi connectivity index (χ2v) is 6.53. The van der Waals surface area contributed by atoms with E-state index in [1.54, 1.807) is 12.1 Å². The van der Waals surface area contributed by atoms with Crippen molar-refractivity contribution in [2.24, 2.45) is 5.92 Å². The Morgan fingerprint density at radius 1 is 1.29 bits per heavy atom. The molecule has 3 heteroatoms. The van der Waals surface area contributed by atoms with E-state index in [0.717, 1.165) is 24.4 Å². The highest BCUT2D eigenvalue weighted by Crippen LogP contribution is 2.15. The van der Waals surface area contributed by atoms with E-state index in [9.17, 15) is 4.39 Å². The molecule has 1 aliphatic rings. The summed E-state index contributed by atoms with van der Waals surface area (Å²) < 4.78 is 13.6. The monoisotopic (exact) mass is 292 g/mol. The molecule has 0 spiro atoms. The van der Waals surface area contributed by atoms with Gasteiger partial charge in [0.25, 0.3) is 0 Å². The van der Waals surface area contributed by atoms with Crippen LogP contribution in [0.25, 0.3) is 0 Å². The molecule has 1 unspecified atom stereocenters. The third kappa shape index (κ3) is 5.76. The largest absolute Gasteiger partial charge is 0.314 e. The van der Waals surface area contributed by atoms with Crippen molar-refractivity contribution in [1.29, 1.82) is 0 Å². The fourth-order valence-electron chi connectivity index (χ4n) is 3.00. The van der Waals surface area contributed by atoms with Gasteiger partial charge in [-0.05, 0) is 76.3 Å². The van der Waals surface area contributed by atoms with Crippen molar-refractivity contribution in [3.8, 4) is 0 Å². The summed E-state index contributed by atoms with van der Waals surface area (Å²) in [6, 6.07) is 7.39. The Kier molecular flexibility index (Phi) is 6.65. The van der Waals surface area contributed by atoms with Crippen molar-refractivity contribution in [1.82, 2.24) is 10.2 Å². The molecule has 2 rings (SSSR count). The minimum absolute atomic E-state index is 0.0893. The molecule has 1 aromatic carbocycles. The highest BCUT2D eigenvalue weighted by molar-refractivity contribution is 5.18. The Balaban J connectivity index is 1.59. The summed E-state index contributed by atoms with van der Waals surface area (Å²) >= 11 is 0. The summed E-state index contributed by atoms with van der Waals surface area (Å²) in [5, 5.41) is 3.51. The molecule has 0 amide bonds. The zero-order valence-electron chi connectivity index (χ0n) is 13.4. The van der Waals surface area contributed by atoms with Crippen LogP contribution in [-0.4, -0.2) is 37.1 Å². The van der Waals surface area contributed by atoms with Crippen molar-refractivity contribution >= 4 is 0 Å². The van der Waals surface area contributed by atoms with Gasteiger partial charge in [0.15, 0.2) is 0 Å². The van der Waals surface area contributed by atoms with Gasteiger partial charge in [-0.1, -0.05) is 25.1 Å². The zero-order chi connectivity index (χ0) is 15.1. The van der Waals surface area contributed by atoms with Crippen molar-refractivity contribution in [2.45, 2.75) is 45.6 Å². The molecule has 118 valence electrons. The summed E-state index contributed by atoms with van der Waals surface area (Å²) in [5.74, 6) is 0.814. The lowest BCUT2D eigenvalue weighted by Crippen LogP contribution is -2.36. The predicted octanol–water partition coefficient (Wildman–Crippen LogP) is 3.47. The number of benzene rings is 1. The molecule has 0 aliphatic carbocycles. The van der Waals surface area contributed by atoms with Crippen LogP contribution < -0.4 is 5.32 Å². The van der Waals surface area contributed by atoms with Gasteiger partial charge < -0.3 is 10.2 Å². The lowest BCUT2D eigenvalue weighted by Gasteiger charge is -2.30. The van der Waals surface area contributed by atoms with Gasteiger partial charge in [-0.15, -0.1) is 0 Å². The molecule has 0 bridgehead atoms. The van der Waals surface area contributed by atoms with Crippen molar-refractivity contribution in [3.63, 3.8) is 0 Å². The molecule has 0 radical (unpaired) electrons. The lowest BCUT2D eigenvalue weighted by molar-refractivity contribution is 0.190. The standard InChI is InChI=1S/C18H29FN2/c1-15-8-12-21(13-9-15)11-5-10-20-16(2)14-17-6-3-4-7-18(17)19/h3-4,6-7,15-16,20H,5,8-14H2,1-2H3. The molecule has 1 atom stereocenters. The number of hydrogen-bond donors (Lipinski definition) is 1. The molecule has 1 N–H and O–H groups in total. The number of nitrogens with zero attached hydrogens (tertiary/aromatic N) is 1. The molecule has 1 aromatic rings. The smallest absolute Gasteiger partial charge is 0.126 e. The van der Waals surface area contributed by atoms with E-state index in [1.807, 2.05) is 12.1 Å². The molecule has 1 aliphatic heterocycles. The fourth-order valence-corrected chi connectivity index (χ4v) is 3.00. The summed E-state index contributed by atoms with van der Waals surface area (Å²) in [6.45, 7) is 9.20. The van der Waals surface area contributed by atoms with Crippen molar-refractivity contribution in [3.05, 3.63) is 35.6 Å². The molecule has 0 aromatic heterocycles. The molecule has 21 heavy (non-hydrogen) atoms. The zero-order valence-corrected chi connectivity index (χ0v) is 13.4. The minimum atomic E-state index is -0.0893. The maximum absolute atomic E-state index is 13.6.